The van der Waals surface area contributed by atoms with Gasteiger partial charge >= 0.3 is 5.69 Å². The fraction of sp³-hybridized carbons (Fsp3) is 0.138. The van der Waals surface area contributed by atoms with Crippen molar-refractivity contribution in [1.82, 2.24) is 34.8 Å². The van der Waals surface area contributed by atoms with Crippen LogP contribution in [0.3, 0.4) is 0 Å². The van der Waals surface area contributed by atoms with Gasteiger partial charge in [0.2, 0.25) is 0 Å². The molecule has 1 aliphatic rings. The third-order valence-corrected chi connectivity index (χ3v) is 6.91. The topological polar surface area (TPSA) is 117 Å². The number of rotatable bonds is 5. The average Bonchev–Trinajstić information content (AvgIpc) is 3.59. The summed E-state index contributed by atoms with van der Waals surface area (Å²) in [5, 5.41) is 11.8. The Balaban J connectivity index is 1.37. The maximum Gasteiger partial charge on any atom is 0.340 e. The Kier molecular flexibility index (Phi) is 5.90. The molecular weight excluding hydrogens is 511 g/mol. The monoisotopic (exact) mass is 534 g/mol. The molecule has 0 bridgehead atoms. The molecule has 0 saturated carbocycles. The van der Waals surface area contributed by atoms with Gasteiger partial charge in [0, 0.05) is 24.0 Å². The summed E-state index contributed by atoms with van der Waals surface area (Å²) >= 11 is 0. The lowest BCUT2D eigenvalue weighted by atomic mass is 10.1. The van der Waals surface area contributed by atoms with Crippen LogP contribution in [-0.4, -0.2) is 61.1 Å². The summed E-state index contributed by atoms with van der Waals surface area (Å²) in [5.74, 6) is -0.409. The van der Waals surface area contributed by atoms with E-state index in [0.29, 0.717) is 35.8 Å². The number of H-pyrrole nitrogens is 2. The summed E-state index contributed by atoms with van der Waals surface area (Å²) in [7, 11) is 0. The molecule has 0 atom stereocenters. The number of morpholine rings is 1. The minimum atomic E-state index is -0.536. The number of pyridine rings is 1. The van der Waals surface area contributed by atoms with Crippen molar-refractivity contribution < 1.29 is 9.13 Å². The standard InChI is InChI=1S/C29H23FN8O2/c30-22-17-19(6-9-21(22)27-34-29(39)36-35-27)26-24(10-8-20-7-5-18-3-1-2-4-23(18)32-20)33-28-25(11-12-31-38(26)28)37-13-15-40-16-14-37/h1-12,17H,13-16H2,(H2,34,35,36,39). The molecule has 6 aromatic rings. The molecule has 0 unspecified atom stereocenters. The molecule has 11 heteroatoms. The Morgan fingerprint density at radius 2 is 1.85 bits per heavy atom. The number of benzene rings is 2. The summed E-state index contributed by atoms with van der Waals surface area (Å²) in [6.07, 6.45) is 5.49. The molecule has 5 heterocycles. The predicted molar refractivity (Wildman–Crippen MR) is 150 cm³/mol. The lowest BCUT2D eigenvalue weighted by molar-refractivity contribution is 0.123. The molecule has 0 amide bonds. The van der Waals surface area contributed by atoms with Gasteiger partial charge in [-0.25, -0.2) is 28.8 Å². The SMILES string of the molecule is O=c1[nH]nc(-c2ccc(-c3c(C=Cc4ccc5ccccc5n4)nc4c(N5CCOCC5)ccnn34)cc2F)[nH]1. The molecule has 1 aliphatic heterocycles. The first-order chi connectivity index (χ1) is 19.6. The van der Waals surface area contributed by atoms with E-state index in [9.17, 15) is 4.79 Å². The number of hydrogen-bond acceptors (Lipinski definition) is 7. The van der Waals surface area contributed by atoms with Gasteiger partial charge in [0.05, 0.1) is 47.6 Å². The number of hydrogen-bond donors (Lipinski definition) is 2. The van der Waals surface area contributed by atoms with Crippen LogP contribution in [-0.2, 0) is 4.74 Å². The Morgan fingerprint density at radius 3 is 2.67 bits per heavy atom. The van der Waals surface area contributed by atoms with E-state index in [-0.39, 0.29) is 11.4 Å². The minimum Gasteiger partial charge on any atom is -0.378 e. The van der Waals surface area contributed by atoms with Crippen LogP contribution >= 0.6 is 0 Å². The normalized spacial score (nSPS) is 14.1. The van der Waals surface area contributed by atoms with E-state index in [1.807, 2.05) is 54.6 Å². The van der Waals surface area contributed by atoms with E-state index >= 15 is 4.39 Å². The first-order valence-corrected chi connectivity index (χ1v) is 12.8. The van der Waals surface area contributed by atoms with E-state index in [4.69, 9.17) is 14.7 Å². The summed E-state index contributed by atoms with van der Waals surface area (Å²) in [5.41, 5.74) is 4.74. The second-order valence-corrected chi connectivity index (χ2v) is 9.38. The van der Waals surface area contributed by atoms with Gasteiger partial charge in [-0.15, -0.1) is 0 Å². The lowest BCUT2D eigenvalue weighted by Crippen LogP contribution is -2.36. The van der Waals surface area contributed by atoms with E-state index in [2.05, 4.69) is 25.2 Å². The van der Waals surface area contributed by atoms with E-state index in [1.54, 1.807) is 22.8 Å². The Morgan fingerprint density at radius 1 is 0.975 bits per heavy atom. The summed E-state index contributed by atoms with van der Waals surface area (Å²) in [4.78, 5) is 25.9. The van der Waals surface area contributed by atoms with Gasteiger partial charge in [0.25, 0.3) is 0 Å². The zero-order valence-corrected chi connectivity index (χ0v) is 21.2. The number of nitrogens with zero attached hydrogens (tertiary/aromatic N) is 6. The van der Waals surface area contributed by atoms with Crippen LogP contribution in [0.4, 0.5) is 10.1 Å². The molecule has 0 radical (unpaired) electrons. The van der Waals surface area contributed by atoms with Crippen molar-refractivity contribution in [2.75, 3.05) is 31.2 Å². The average molecular weight is 535 g/mol. The van der Waals surface area contributed by atoms with Crippen LogP contribution in [0.25, 0.3) is 51.3 Å². The van der Waals surface area contributed by atoms with Crippen molar-refractivity contribution in [2.24, 2.45) is 0 Å². The Hall–Kier alpha value is -5.16. The number of fused-ring (bicyclic) bond motifs is 2. The van der Waals surface area contributed by atoms with Crippen molar-refractivity contribution in [3.8, 4) is 22.6 Å². The minimum absolute atomic E-state index is 0.127. The number of ether oxygens (including phenoxy) is 1. The molecule has 4 aromatic heterocycles. The highest BCUT2D eigenvalue weighted by molar-refractivity contribution is 5.85. The van der Waals surface area contributed by atoms with Crippen molar-refractivity contribution >= 4 is 34.4 Å². The molecule has 40 heavy (non-hydrogen) atoms. The fourth-order valence-corrected chi connectivity index (χ4v) is 4.98. The van der Waals surface area contributed by atoms with Crippen LogP contribution in [0.2, 0.25) is 0 Å². The molecule has 2 aromatic carbocycles. The molecule has 198 valence electrons. The van der Waals surface area contributed by atoms with Gasteiger partial charge < -0.3 is 9.64 Å². The molecule has 7 rings (SSSR count). The van der Waals surface area contributed by atoms with E-state index in [1.165, 1.54) is 6.07 Å². The summed E-state index contributed by atoms with van der Waals surface area (Å²) < 4.78 is 22.6. The zero-order valence-electron chi connectivity index (χ0n) is 21.2. The highest BCUT2D eigenvalue weighted by atomic mass is 19.1. The quantitative estimate of drug-likeness (QED) is 0.341. The first kappa shape index (κ1) is 23.9. The molecule has 2 N–H and O–H groups in total. The molecule has 0 aliphatic carbocycles. The highest BCUT2D eigenvalue weighted by Gasteiger charge is 2.21. The van der Waals surface area contributed by atoms with Gasteiger partial charge in [-0.05, 0) is 42.5 Å². The van der Waals surface area contributed by atoms with Crippen molar-refractivity contribution in [1.29, 1.82) is 0 Å². The van der Waals surface area contributed by atoms with Crippen LogP contribution in [0.5, 0.6) is 0 Å². The number of aromatic amines is 2. The fourth-order valence-electron chi connectivity index (χ4n) is 4.98. The predicted octanol–water partition coefficient (Wildman–Crippen LogP) is 4.17. The van der Waals surface area contributed by atoms with Crippen LogP contribution in [0.1, 0.15) is 11.4 Å². The van der Waals surface area contributed by atoms with Gasteiger partial charge in [-0.2, -0.15) is 10.2 Å². The lowest BCUT2D eigenvalue weighted by Gasteiger charge is -2.28. The van der Waals surface area contributed by atoms with Crippen LogP contribution in [0.15, 0.2) is 71.7 Å². The second kappa shape index (κ2) is 9.86. The summed E-state index contributed by atoms with van der Waals surface area (Å²) in [6, 6.07) is 18.6. The molecular formula is C29H23FN8O2. The van der Waals surface area contributed by atoms with Gasteiger partial charge in [-0.3, -0.25) is 4.98 Å². The maximum absolute atomic E-state index is 15.4. The molecule has 1 fully saturated rings. The van der Waals surface area contributed by atoms with E-state index < -0.39 is 11.5 Å². The Bertz CT molecular complexity index is 1950. The number of aromatic nitrogens is 7. The largest absolute Gasteiger partial charge is 0.378 e. The number of anilines is 1. The molecule has 1 saturated heterocycles. The van der Waals surface area contributed by atoms with Crippen molar-refractivity contribution in [2.45, 2.75) is 0 Å². The number of imidazole rings is 1. The van der Waals surface area contributed by atoms with Crippen LogP contribution < -0.4 is 10.6 Å². The number of nitrogens with one attached hydrogen (secondary N) is 2. The molecule has 10 nitrogen and oxygen atoms in total. The first-order valence-electron chi connectivity index (χ1n) is 12.8. The third kappa shape index (κ3) is 4.31. The van der Waals surface area contributed by atoms with Crippen LogP contribution in [0, 0.1) is 5.82 Å². The van der Waals surface area contributed by atoms with Crippen molar-refractivity contribution in [3.05, 3.63) is 94.5 Å². The van der Waals surface area contributed by atoms with Gasteiger partial charge in [0.1, 0.15) is 11.5 Å². The van der Waals surface area contributed by atoms with Gasteiger partial charge in [0.15, 0.2) is 11.5 Å². The number of para-hydroxylation sites is 1. The zero-order chi connectivity index (χ0) is 27.1. The van der Waals surface area contributed by atoms with E-state index in [0.717, 1.165) is 35.4 Å². The third-order valence-electron chi connectivity index (χ3n) is 6.91. The highest BCUT2D eigenvalue weighted by Crippen LogP contribution is 2.32. The number of halogens is 1. The van der Waals surface area contributed by atoms with Crippen molar-refractivity contribution in [3.63, 3.8) is 0 Å². The van der Waals surface area contributed by atoms with Gasteiger partial charge in [-0.1, -0.05) is 30.3 Å². The Labute approximate surface area is 226 Å². The maximum atomic E-state index is 15.4. The molecule has 0 spiro atoms. The smallest absolute Gasteiger partial charge is 0.340 e. The summed E-state index contributed by atoms with van der Waals surface area (Å²) in [6.45, 7) is 2.73. The second-order valence-electron chi connectivity index (χ2n) is 9.38.